The lowest BCUT2D eigenvalue weighted by atomic mass is 10.2. The molecule has 0 aliphatic carbocycles. The molecular formula is C20H25N5O3S. The highest BCUT2D eigenvalue weighted by molar-refractivity contribution is 7.89. The molecule has 0 bridgehead atoms. The first kappa shape index (κ1) is 18.6. The van der Waals surface area contributed by atoms with Gasteiger partial charge in [0.25, 0.3) is 0 Å². The van der Waals surface area contributed by atoms with E-state index < -0.39 is 10.0 Å². The van der Waals surface area contributed by atoms with Crippen LogP contribution in [0.25, 0.3) is 0 Å². The van der Waals surface area contributed by atoms with Gasteiger partial charge in [0.05, 0.1) is 11.5 Å². The fourth-order valence-electron chi connectivity index (χ4n) is 4.26. The molecule has 3 aliphatic heterocycles. The van der Waals surface area contributed by atoms with Crippen molar-refractivity contribution in [2.24, 2.45) is 0 Å². The molecule has 0 atom stereocenters. The van der Waals surface area contributed by atoms with Crippen molar-refractivity contribution in [3.8, 4) is 5.75 Å². The van der Waals surface area contributed by atoms with Crippen molar-refractivity contribution in [2.45, 2.75) is 24.2 Å². The molecule has 4 heterocycles. The van der Waals surface area contributed by atoms with Gasteiger partial charge >= 0.3 is 0 Å². The molecule has 1 aromatic carbocycles. The van der Waals surface area contributed by atoms with E-state index in [2.05, 4.69) is 19.8 Å². The molecule has 0 unspecified atom stereocenters. The molecule has 8 nitrogen and oxygen atoms in total. The highest BCUT2D eigenvalue weighted by Gasteiger charge is 2.30. The lowest BCUT2D eigenvalue weighted by molar-refractivity contribution is 0.356. The van der Waals surface area contributed by atoms with E-state index in [1.165, 1.54) is 12.8 Å². The molecule has 2 saturated heterocycles. The van der Waals surface area contributed by atoms with Gasteiger partial charge in [-0.25, -0.2) is 18.4 Å². The monoisotopic (exact) mass is 415 g/mol. The van der Waals surface area contributed by atoms with E-state index in [9.17, 15) is 8.42 Å². The van der Waals surface area contributed by atoms with E-state index in [0.717, 1.165) is 42.5 Å². The Labute approximate surface area is 171 Å². The summed E-state index contributed by atoms with van der Waals surface area (Å²) in [5.74, 6) is 2.63. The number of rotatable bonds is 4. The van der Waals surface area contributed by atoms with Crippen LogP contribution in [0.5, 0.6) is 5.75 Å². The van der Waals surface area contributed by atoms with E-state index in [1.807, 2.05) is 6.07 Å². The summed E-state index contributed by atoms with van der Waals surface area (Å²) in [5.41, 5.74) is 0.972. The average molecular weight is 416 g/mol. The van der Waals surface area contributed by atoms with E-state index in [1.54, 1.807) is 28.8 Å². The third-order valence-electron chi connectivity index (χ3n) is 5.93. The summed E-state index contributed by atoms with van der Waals surface area (Å²) < 4.78 is 33.2. The SMILES string of the molecule is O=S(=O)(c1ccc2c(c1)CCO2)N1CCN(c2cc(N3CCCC3)ncn2)CC1. The molecule has 2 fully saturated rings. The van der Waals surface area contributed by atoms with Crippen LogP contribution in [-0.4, -0.2) is 68.6 Å². The first-order chi connectivity index (χ1) is 14.1. The molecule has 0 spiro atoms. The minimum absolute atomic E-state index is 0.355. The highest BCUT2D eigenvalue weighted by Crippen LogP contribution is 2.29. The number of sulfonamides is 1. The lowest BCUT2D eigenvalue weighted by Gasteiger charge is -2.35. The van der Waals surface area contributed by atoms with Gasteiger partial charge in [-0.2, -0.15) is 4.31 Å². The van der Waals surface area contributed by atoms with Crippen LogP contribution in [0.3, 0.4) is 0 Å². The molecule has 0 radical (unpaired) electrons. The zero-order valence-corrected chi connectivity index (χ0v) is 17.1. The van der Waals surface area contributed by atoms with Crippen LogP contribution in [0.4, 0.5) is 11.6 Å². The number of fused-ring (bicyclic) bond motifs is 1. The second kappa shape index (κ2) is 7.46. The van der Waals surface area contributed by atoms with Crippen LogP contribution >= 0.6 is 0 Å². The molecule has 1 aromatic heterocycles. The predicted molar refractivity (Wildman–Crippen MR) is 110 cm³/mol. The third kappa shape index (κ3) is 3.53. The van der Waals surface area contributed by atoms with Gasteiger partial charge in [0.15, 0.2) is 0 Å². The molecule has 5 rings (SSSR count). The Balaban J connectivity index is 1.28. The number of piperazine rings is 1. The van der Waals surface area contributed by atoms with Crippen LogP contribution in [-0.2, 0) is 16.4 Å². The Bertz CT molecular complexity index is 999. The van der Waals surface area contributed by atoms with Crippen LogP contribution < -0.4 is 14.5 Å². The number of hydrogen-bond acceptors (Lipinski definition) is 7. The predicted octanol–water partition coefficient (Wildman–Crippen LogP) is 1.52. The third-order valence-corrected chi connectivity index (χ3v) is 7.82. The van der Waals surface area contributed by atoms with Gasteiger partial charge in [-0.3, -0.25) is 0 Å². The number of aromatic nitrogens is 2. The van der Waals surface area contributed by atoms with Crippen LogP contribution in [0, 0.1) is 0 Å². The fraction of sp³-hybridized carbons (Fsp3) is 0.500. The van der Waals surface area contributed by atoms with E-state index in [4.69, 9.17) is 4.74 Å². The van der Waals surface area contributed by atoms with Gasteiger partial charge in [0.1, 0.15) is 23.7 Å². The van der Waals surface area contributed by atoms with E-state index in [-0.39, 0.29) is 0 Å². The Kier molecular flexibility index (Phi) is 4.79. The summed E-state index contributed by atoms with van der Waals surface area (Å²) in [6.07, 6.45) is 4.77. The zero-order chi connectivity index (χ0) is 19.8. The first-order valence-corrected chi connectivity index (χ1v) is 11.6. The Hall–Kier alpha value is -2.39. The van der Waals surface area contributed by atoms with E-state index in [0.29, 0.717) is 37.7 Å². The standard InChI is InChI=1S/C20H25N5O3S/c26-29(27,17-3-4-18-16(13-17)5-12-28-18)25-10-8-24(9-11-25)20-14-19(21-15-22-20)23-6-1-2-7-23/h3-4,13-15H,1-2,5-12H2. The lowest BCUT2D eigenvalue weighted by Crippen LogP contribution is -2.49. The quantitative estimate of drug-likeness (QED) is 0.749. The minimum Gasteiger partial charge on any atom is -0.493 e. The summed E-state index contributed by atoms with van der Waals surface area (Å²) in [6.45, 7) is 4.81. The summed E-state index contributed by atoms with van der Waals surface area (Å²) in [6, 6.07) is 7.21. The van der Waals surface area contributed by atoms with Gasteiger partial charge in [-0.05, 0) is 36.6 Å². The van der Waals surface area contributed by atoms with Gasteiger partial charge in [-0.15, -0.1) is 0 Å². The zero-order valence-electron chi connectivity index (χ0n) is 16.3. The topological polar surface area (TPSA) is 78.9 Å². The number of ether oxygens (including phenoxy) is 1. The number of hydrogen-bond donors (Lipinski definition) is 0. The molecule has 3 aliphatic rings. The Morgan fingerprint density at radius 3 is 2.28 bits per heavy atom. The summed E-state index contributed by atoms with van der Waals surface area (Å²) in [7, 11) is -3.50. The van der Waals surface area contributed by atoms with Crippen molar-refractivity contribution in [3.05, 3.63) is 36.2 Å². The Morgan fingerprint density at radius 1 is 0.862 bits per heavy atom. The molecule has 0 N–H and O–H groups in total. The molecule has 29 heavy (non-hydrogen) atoms. The van der Waals surface area contributed by atoms with Gasteiger partial charge in [-0.1, -0.05) is 0 Å². The molecule has 154 valence electrons. The smallest absolute Gasteiger partial charge is 0.243 e. The van der Waals surface area contributed by atoms with Gasteiger partial charge in [0, 0.05) is 51.8 Å². The second-order valence-electron chi connectivity index (χ2n) is 7.69. The van der Waals surface area contributed by atoms with Gasteiger partial charge in [0.2, 0.25) is 10.0 Å². The Morgan fingerprint density at radius 2 is 1.55 bits per heavy atom. The largest absolute Gasteiger partial charge is 0.493 e. The molecule has 9 heteroatoms. The average Bonchev–Trinajstić information content (AvgIpc) is 3.45. The minimum atomic E-state index is -3.50. The van der Waals surface area contributed by atoms with Crippen LogP contribution in [0.1, 0.15) is 18.4 Å². The molecule has 0 saturated carbocycles. The number of benzene rings is 1. The van der Waals surface area contributed by atoms with E-state index >= 15 is 0 Å². The van der Waals surface area contributed by atoms with Crippen molar-refractivity contribution in [2.75, 3.05) is 55.7 Å². The number of nitrogens with zero attached hydrogens (tertiary/aromatic N) is 5. The van der Waals surface area contributed by atoms with Crippen molar-refractivity contribution < 1.29 is 13.2 Å². The van der Waals surface area contributed by atoms with Crippen molar-refractivity contribution in [1.82, 2.24) is 14.3 Å². The normalized spacial score (nSPS) is 20.0. The summed E-state index contributed by atoms with van der Waals surface area (Å²) >= 11 is 0. The molecular weight excluding hydrogens is 390 g/mol. The fourth-order valence-corrected chi connectivity index (χ4v) is 5.73. The number of anilines is 2. The maximum absolute atomic E-state index is 13.1. The maximum atomic E-state index is 13.1. The van der Waals surface area contributed by atoms with Crippen molar-refractivity contribution >= 4 is 21.7 Å². The summed E-state index contributed by atoms with van der Waals surface area (Å²) in [5, 5.41) is 0. The van der Waals surface area contributed by atoms with Crippen LogP contribution in [0.2, 0.25) is 0 Å². The van der Waals surface area contributed by atoms with Crippen molar-refractivity contribution in [1.29, 1.82) is 0 Å². The van der Waals surface area contributed by atoms with Crippen LogP contribution in [0.15, 0.2) is 35.5 Å². The van der Waals surface area contributed by atoms with Gasteiger partial charge < -0.3 is 14.5 Å². The van der Waals surface area contributed by atoms with Crippen molar-refractivity contribution in [3.63, 3.8) is 0 Å². The molecule has 2 aromatic rings. The highest BCUT2D eigenvalue weighted by atomic mass is 32.2. The second-order valence-corrected chi connectivity index (χ2v) is 9.63. The maximum Gasteiger partial charge on any atom is 0.243 e. The first-order valence-electron chi connectivity index (χ1n) is 10.2. The molecule has 0 amide bonds. The summed E-state index contributed by atoms with van der Waals surface area (Å²) in [4.78, 5) is 13.6.